The van der Waals surface area contributed by atoms with Crippen LogP contribution in [0.25, 0.3) is 5.69 Å². The lowest BCUT2D eigenvalue weighted by Gasteiger charge is -2.13. The number of para-hydroxylation sites is 1. The predicted molar refractivity (Wildman–Crippen MR) is 131 cm³/mol. The number of anilines is 1. The Morgan fingerprint density at radius 1 is 1.00 bits per heavy atom. The number of carbonyl (C=O) groups is 3. The number of amides is 2. The quantitative estimate of drug-likeness (QED) is 0.441. The van der Waals surface area contributed by atoms with Crippen LogP contribution < -0.4 is 20.1 Å². The van der Waals surface area contributed by atoms with Gasteiger partial charge in [-0.25, -0.2) is 0 Å². The molecule has 2 aromatic carbocycles. The normalized spacial score (nSPS) is 10.2. The number of nitriles is 1. The van der Waals surface area contributed by atoms with Gasteiger partial charge in [0.15, 0.2) is 6.61 Å². The predicted octanol–water partition coefficient (Wildman–Crippen LogP) is 2.89. The molecule has 0 fully saturated rings. The summed E-state index contributed by atoms with van der Waals surface area (Å²) in [6, 6.07) is 16.0. The molecule has 1 heterocycles. The fourth-order valence-corrected chi connectivity index (χ4v) is 3.52. The summed E-state index contributed by atoms with van der Waals surface area (Å²) >= 11 is 0. The fraction of sp³-hybridized carbons (Fsp3) is 0.231. The molecule has 36 heavy (non-hydrogen) atoms. The van der Waals surface area contributed by atoms with Crippen molar-refractivity contribution in [3.8, 4) is 23.3 Å². The molecule has 0 saturated heterocycles. The maximum atomic E-state index is 12.6. The molecular formula is C26H26N4O6. The van der Waals surface area contributed by atoms with Crippen LogP contribution in [-0.4, -0.2) is 49.7 Å². The summed E-state index contributed by atoms with van der Waals surface area (Å²) in [5.41, 5.74) is 2.83. The van der Waals surface area contributed by atoms with Crippen LogP contribution in [0.15, 0.2) is 48.5 Å². The second-order valence-electron chi connectivity index (χ2n) is 7.71. The minimum absolute atomic E-state index is 0.230. The van der Waals surface area contributed by atoms with Crippen LogP contribution in [-0.2, 0) is 14.3 Å². The molecule has 186 valence electrons. The molecule has 10 nitrogen and oxygen atoms in total. The smallest absolute Gasteiger partial charge is 0.325 e. The summed E-state index contributed by atoms with van der Waals surface area (Å²) in [4.78, 5) is 37.1. The van der Waals surface area contributed by atoms with Gasteiger partial charge >= 0.3 is 5.97 Å². The summed E-state index contributed by atoms with van der Waals surface area (Å²) in [7, 11) is 2.91. The van der Waals surface area contributed by atoms with E-state index in [2.05, 4.69) is 16.7 Å². The first-order valence-electron chi connectivity index (χ1n) is 10.9. The van der Waals surface area contributed by atoms with Gasteiger partial charge < -0.3 is 24.8 Å². The number of ether oxygens (including phenoxy) is 3. The molecule has 10 heteroatoms. The van der Waals surface area contributed by atoms with E-state index in [9.17, 15) is 19.6 Å². The van der Waals surface area contributed by atoms with Crippen molar-refractivity contribution >= 4 is 23.6 Å². The van der Waals surface area contributed by atoms with Crippen molar-refractivity contribution in [1.29, 1.82) is 5.26 Å². The molecule has 0 unspecified atom stereocenters. The average Bonchev–Trinajstić information content (AvgIpc) is 3.14. The Labute approximate surface area is 208 Å². The Morgan fingerprint density at radius 2 is 1.64 bits per heavy atom. The van der Waals surface area contributed by atoms with Crippen molar-refractivity contribution in [2.24, 2.45) is 0 Å². The van der Waals surface area contributed by atoms with Gasteiger partial charge in [0.25, 0.3) is 11.8 Å². The monoisotopic (exact) mass is 490 g/mol. The van der Waals surface area contributed by atoms with Crippen LogP contribution in [0.5, 0.6) is 11.5 Å². The van der Waals surface area contributed by atoms with E-state index in [0.29, 0.717) is 22.9 Å². The number of aromatic nitrogens is 1. The van der Waals surface area contributed by atoms with E-state index in [1.54, 1.807) is 17.6 Å². The summed E-state index contributed by atoms with van der Waals surface area (Å²) < 4.78 is 17.0. The molecule has 3 aromatic rings. The van der Waals surface area contributed by atoms with E-state index in [4.69, 9.17) is 14.2 Å². The van der Waals surface area contributed by atoms with Crippen molar-refractivity contribution in [3.05, 3.63) is 70.9 Å². The van der Waals surface area contributed by atoms with Gasteiger partial charge in [0.05, 0.1) is 19.8 Å². The van der Waals surface area contributed by atoms with E-state index >= 15 is 0 Å². The highest BCUT2D eigenvalue weighted by Gasteiger charge is 2.21. The van der Waals surface area contributed by atoms with E-state index in [1.807, 2.05) is 37.3 Å². The third kappa shape index (κ3) is 5.82. The van der Waals surface area contributed by atoms with Crippen molar-refractivity contribution in [3.63, 3.8) is 0 Å². The number of benzene rings is 2. The van der Waals surface area contributed by atoms with Crippen LogP contribution in [0.4, 0.5) is 5.82 Å². The van der Waals surface area contributed by atoms with Crippen molar-refractivity contribution in [2.75, 3.05) is 32.7 Å². The maximum Gasteiger partial charge on any atom is 0.325 e. The second kappa shape index (κ2) is 11.6. The van der Waals surface area contributed by atoms with Gasteiger partial charge in [-0.15, -0.1) is 0 Å². The zero-order valence-electron chi connectivity index (χ0n) is 20.4. The molecule has 0 radical (unpaired) electrons. The number of hydrogen-bond donors (Lipinski definition) is 2. The average molecular weight is 491 g/mol. The Balaban J connectivity index is 1.61. The van der Waals surface area contributed by atoms with Gasteiger partial charge in [-0.1, -0.05) is 18.2 Å². The van der Waals surface area contributed by atoms with Gasteiger partial charge in [0.2, 0.25) is 0 Å². The van der Waals surface area contributed by atoms with Crippen LogP contribution in [0.2, 0.25) is 0 Å². The number of methoxy groups -OCH3 is 2. The lowest BCUT2D eigenvalue weighted by Crippen LogP contribution is -2.32. The van der Waals surface area contributed by atoms with E-state index < -0.39 is 30.9 Å². The van der Waals surface area contributed by atoms with Gasteiger partial charge in [-0.3, -0.25) is 19.0 Å². The first-order chi connectivity index (χ1) is 17.3. The minimum atomic E-state index is -0.806. The Bertz CT molecular complexity index is 1300. The van der Waals surface area contributed by atoms with Gasteiger partial charge in [0.1, 0.15) is 29.9 Å². The molecule has 0 aliphatic heterocycles. The molecule has 0 saturated carbocycles. The molecule has 0 aliphatic carbocycles. The highest BCUT2D eigenvalue weighted by molar-refractivity contribution is 5.97. The molecule has 0 atom stereocenters. The number of nitrogens with one attached hydrogen (secondary N) is 2. The molecule has 1 aromatic heterocycles. The van der Waals surface area contributed by atoms with Crippen LogP contribution in [0, 0.1) is 25.2 Å². The van der Waals surface area contributed by atoms with Crippen LogP contribution >= 0.6 is 0 Å². The highest BCUT2D eigenvalue weighted by atomic mass is 16.5. The van der Waals surface area contributed by atoms with E-state index in [1.165, 1.54) is 26.4 Å². The molecule has 3 rings (SSSR count). The molecule has 0 spiro atoms. The van der Waals surface area contributed by atoms with Crippen LogP contribution in [0.1, 0.15) is 27.2 Å². The number of hydrogen-bond acceptors (Lipinski definition) is 7. The standard InChI is InChI=1S/C26H26N4O6/c1-16-17(2)30(19-8-6-5-7-9-19)25(22(16)13-27)29-23(31)15-36-24(32)14-28-26(33)18-10-20(34-3)12-21(11-18)35-4/h5-12H,14-15H2,1-4H3,(H,28,33)(H,29,31). The first kappa shape index (κ1) is 25.8. The largest absolute Gasteiger partial charge is 0.497 e. The zero-order chi connectivity index (χ0) is 26.2. The van der Waals surface area contributed by atoms with Gasteiger partial charge in [0, 0.05) is 23.0 Å². The third-order valence-electron chi connectivity index (χ3n) is 5.47. The van der Waals surface area contributed by atoms with Gasteiger partial charge in [-0.05, 0) is 43.7 Å². The summed E-state index contributed by atoms with van der Waals surface area (Å²) in [5.74, 6) is -0.848. The fourth-order valence-electron chi connectivity index (χ4n) is 3.52. The summed E-state index contributed by atoms with van der Waals surface area (Å²) in [6.45, 7) is 2.60. The summed E-state index contributed by atoms with van der Waals surface area (Å²) in [6.07, 6.45) is 0. The molecular weight excluding hydrogens is 464 g/mol. The maximum absolute atomic E-state index is 12.6. The SMILES string of the molecule is COc1cc(OC)cc(C(=O)NCC(=O)OCC(=O)Nc2c(C#N)c(C)c(C)n2-c2ccccc2)c1. The second-order valence-corrected chi connectivity index (χ2v) is 7.71. The molecule has 0 aliphatic rings. The van der Waals surface area contributed by atoms with Crippen LogP contribution in [0.3, 0.4) is 0 Å². The number of carbonyl (C=O) groups excluding carboxylic acids is 3. The highest BCUT2D eigenvalue weighted by Crippen LogP contribution is 2.29. The summed E-state index contributed by atoms with van der Waals surface area (Å²) in [5, 5.41) is 14.7. The lowest BCUT2D eigenvalue weighted by molar-refractivity contribution is -0.146. The third-order valence-corrected chi connectivity index (χ3v) is 5.47. The number of esters is 1. The topological polar surface area (TPSA) is 132 Å². The minimum Gasteiger partial charge on any atom is -0.497 e. The van der Waals surface area contributed by atoms with Gasteiger partial charge in [-0.2, -0.15) is 5.26 Å². The van der Waals surface area contributed by atoms with E-state index in [-0.39, 0.29) is 5.56 Å². The molecule has 2 N–H and O–H groups in total. The van der Waals surface area contributed by atoms with Crippen molar-refractivity contribution < 1.29 is 28.6 Å². The Morgan fingerprint density at radius 3 is 2.22 bits per heavy atom. The van der Waals surface area contributed by atoms with Crippen molar-refractivity contribution in [2.45, 2.75) is 13.8 Å². The Kier molecular flexibility index (Phi) is 8.30. The molecule has 2 amide bonds. The van der Waals surface area contributed by atoms with E-state index in [0.717, 1.165) is 16.9 Å². The lowest BCUT2D eigenvalue weighted by atomic mass is 10.2. The van der Waals surface area contributed by atoms with Crippen molar-refractivity contribution in [1.82, 2.24) is 9.88 Å². The first-order valence-corrected chi connectivity index (χ1v) is 10.9. The Hall–Kier alpha value is -4.78. The number of rotatable bonds is 9. The molecule has 0 bridgehead atoms. The zero-order valence-corrected chi connectivity index (χ0v) is 20.4. The number of nitrogens with zero attached hydrogens (tertiary/aromatic N) is 2.